The SMILES string of the molecule is CC(C)(C)C(F)(C(F)F)C(F)(C(F)F)C(C)(C)C. The first kappa shape index (κ1) is 17.6. The molecule has 0 saturated heterocycles. The second-order valence-electron chi connectivity index (χ2n) is 6.52. The molecular weight excluding hydrogens is 258 g/mol. The van der Waals surface area contributed by atoms with Gasteiger partial charge in [0.25, 0.3) is 12.9 Å². The maximum Gasteiger partial charge on any atom is 0.276 e. The van der Waals surface area contributed by atoms with Crippen LogP contribution in [-0.4, -0.2) is 24.2 Å². The van der Waals surface area contributed by atoms with Gasteiger partial charge in [-0.3, -0.25) is 0 Å². The highest BCUT2D eigenvalue weighted by molar-refractivity contribution is 5.15. The Balaban J connectivity index is 6.18. The minimum atomic E-state index is -3.95. The van der Waals surface area contributed by atoms with Crippen LogP contribution in [0.2, 0.25) is 0 Å². The molecule has 0 saturated carbocycles. The van der Waals surface area contributed by atoms with Crippen LogP contribution in [0.25, 0.3) is 0 Å². The van der Waals surface area contributed by atoms with E-state index in [9.17, 15) is 26.3 Å². The van der Waals surface area contributed by atoms with Gasteiger partial charge >= 0.3 is 0 Å². The van der Waals surface area contributed by atoms with Gasteiger partial charge in [0, 0.05) is 10.8 Å². The van der Waals surface area contributed by atoms with E-state index in [0.717, 1.165) is 41.5 Å². The van der Waals surface area contributed by atoms with Gasteiger partial charge in [0.2, 0.25) is 11.3 Å². The molecule has 0 N–H and O–H groups in total. The van der Waals surface area contributed by atoms with Crippen LogP contribution >= 0.6 is 0 Å². The van der Waals surface area contributed by atoms with Crippen LogP contribution in [-0.2, 0) is 0 Å². The largest absolute Gasteiger partial charge is 0.276 e. The molecule has 0 aromatic heterocycles. The summed E-state index contributed by atoms with van der Waals surface area (Å²) in [6.45, 7) is 5.93. The minimum Gasteiger partial charge on any atom is -0.233 e. The van der Waals surface area contributed by atoms with Crippen LogP contribution in [0.1, 0.15) is 41.5 Å². The molecule has 0 spiro atoms. The van der Waals surface area contributed by atoms with Crippen molar-refractivity contribution in [3.63, 3.8) is 0 Å². The van der Waals surface area contributed by atoms with E-state index < -0.39 is 35.0 Å². The van der Waals surface area contributed by atoms with Crippen molar-refractivity contribution in [1.82, 2.24) is 0 Å². The fraction of sp³-hybridized carbons (Fsp3) is 1.00. The zero-order valence-corrected chi connectivity index (χ0v) is 11.4. The first-order valence-corrected chi connectivity index (χ1v) is 5.58. The molecule has 0 aromatic carbocycles. The van der Waals surface area contributed by atoms with E-state index in [4.69, 9.17) is 0 Å². The lowest BCUT2D eigenvalue weighted by Crippen LogP contribution is -2.68. The van der Waals surface area contributed by atoms with E-state index in [2.05, 4.69) is 0 Å². The minimum absolute atomic E-state index is 0.988. The van der Waals surface area contributed by atoms with Crippen LogP contribution < -0.4 is 0 Å². The first-order valence-electron chi connectivity index (χ1n) is 5.58. The van der Waals surface area contributed by atoms with E-state index in [1.165, 1.54) is 0 Å². The molecule has 110 valence electrons. The average Bonchev–Trinajstić information content (AvgIpc) is 2.10. The highest BCUT2D eigenvalue weighted by atomic mass is 19.3. The zero-order chi connectivity index (χ0) is 15.2. The summed E-state index contributed by atoms with van der Waals surface area (Å²) in [4.78, 5) is 0. The topological polar surface area (TPSA) is 0 Å². The van der Waals surface area contributed by atoms with Crippen molar-refractivity contribution in [2.75, 3.05) is 0 Å². The number of hydrogen-bond acceptors (Lipinski definition) is 0. The van der Waals surface area contributed by atoms with Gasteiger partial charge in [-0.2, -0.15) is 0 Å². The van der Waals surface area contributed by atoms with E-state index in [0.29, 0.717) is 0 Å². The number of alkyl halides is 6. The molecule has 0 nitrogen and oxygen atoms in total. The Labute approximate surface area is 104 Å². The molecule has 0 aliphatic rings. The predicted octanol–water partition coefficient (Wildman–Crippen LogP) is 5.03. The highest BCUT2D eigenvalue weighted by Gasteiger charge is 2.74. The van der Waals surface area contributed by atoms with Crippen LogP contribution in [0, 0.1) is 10.8 Å². The summed E-state index contributed by atoms with van der Waals surface area (Å²) in [6, 6.07) is 0. The van der Waals surface area contributed by atoms with Gasteiger partial charge in [-0.25, -0.2) is 26.3 Å². The Morgan fingerprint density at radius 2 is 0.722 bits per heavy atom. The molecule has 0 bridgehead atoms. The molecule has 0 radical (unpaired) electrons. The van der Waals surface area contributed by atoms with E-state index in [1.807, 2.05) is 0 Å². The standard InChI is InChI=1S/C12H20F6/c1-9(2,3)11(17,7(13)14)12(18,8(15)16)10(4,5)6/h7-8H,1-6H3. The fourth-order valence-corrected chi connectivity index (χ4v) is 2.06. The molecular formula is C12H20F6. The highest BCUT2D eigenvalue weighted by Crippen LogP contribution is 2.57. The molecule has 2 unspecified atom stereocenters. The van der Waals surface area contributed by atoms with Crippen molar-refractivity contribution in [3.05, 3.63) is 0 Å². The lowest BCUT2D eigenvalue weighted by Gasteiger charge is -2.51. The summed E-state index contributed by atoms with van der Waals surface area (Å²) in [5.41, 5.74) is -11.8. The van der Waals surface area contributed by atoms with E-state index in [1.54, 1.807) is 0 Å². The third-order valence-electron chi connectivity index (χ3n) is 3.31. The van der Waals surface area contributed by atoms with Gasteiger partial charge in [0.15, 0.2) is 0 Å². The Morgan fingerprint density at radius 3 is 0.778 bits per heavy atom. The van der Waals surface area contributed by atoms with Gasteiger partial charge in [-0.15, -0.1) is 0 Å². The second kappa shape index (κ2) is 4.60. The zero-order valence-electron chi connectivity index (χ0n) is 11.4. The maximum atomic E-state index is 14.6. The number of rotatable bonds is 3. The first-order chi connectivity index (χ1) is 7.64. The number of halogens is 6. The lowest BCUT2D eigenvalue weighted by atomic mass is 9.60. The third-order valence-corrected chi connectivity index (χ3v) is 3.31. The van der Waals surface area contributed by atoms with Gasteiger partial charge < -0.3 is 0 Å². The summed E-state index contributed by atoms with van der Waals surface area (Å²) < 4.78 is 81.3. The number of hydrogen-bond donors (Lipinski definition) is 0. The van der Waals surface area contributed by atoms with Gasteiger partial charge in [0.05, 0.1) is 0 Å². The summed E-state index contributed by atoms with van der Waals surface area (Å²) in [5, 5.41) is 0. The lowest BCUT2D eigenvalue weighted by molar-refractivity contribution is -0.264. The van der Waals surface area contributed by atoms with Gasteiger partial charge in [-0.1, -0.05) is 41.5 Å². The van der Waals surface area contributed by atoms with E-state index in [-0.39, 0.29) is 0 Å². The van der Waals surface area contributed by atoms with Crippen molar-refractivity contribution in [2.45, 2.75) is 65.7 Å². The van der Waals surface area contributed by atoms with Crippen LogP contribution in [0.5, 0.6) is 0 Å². The Kier molecular flexibility index (Phi) is 4.49. The van der Waals surface area contributed by atoms with Crippen molar-refractivity contribution in [1.29, 1.82) is 0 Å². The molecule has 6 heteroatoms. The predicted molar refractivity (Wildman–Crippen MR) is 58.6 cm³/mol. The average molecular weight is 278 g/mol. The van der Waals surface area contributed by atoms with Crippen molar-refractivity contribution in [2.24, 2.45) is 10.8 Å². The van der Waals surface area contributed by atoms with Crippen molar-refractivity contribution < 1.29 is 26.3 Å². The molecule has 18 heavy (non-hydrogen) atoms. The normalized spacial score (nSPS) is 21.0. The summed E-state index contributed by atoms with van der Waals surface area (Å²) in [6.07, 6.45) is -7.70. The Hall–Kier alpha value is -0.420. The molecule has 0 aliphatic carbocycles. The summed E-state index contributed by atoms with van der Waals surface area (Å²) in [5.74, 6) is 0. The molecule has 0 amide bonds. The smallest absolute Gasteiger partial charge is 0.233 e. The molecule has 0 aliphatic heterocycles. The summed E-state index contributed by atoms with van der Waals surface area (Å²) >= 11 is 0. The van der Waals surface area contributed by atoms with Crippen molar-refractivity contribution >= 4 is 0 Å². The molecule has 0 heterocycles. The molecule has 0 rings (SSSR count). The summed E-state index contributed by atoms with van der Waals surface area (Å²) in [7, 11) is 0. The van der Waals surface area contributed by atoms with E-state index >= 15 is 0 Å². The fourth-order valence-electron chi connectivity index (χ4n) is 2.06. The van der Waals surface area contributed by atoms with Crippen LogP contribution in [0.4, 0.5) is 26.3 Å². The van der Waals surface area contributed by atoms with Crippen LogP contribution in [0.15, 0.2) is 0 Å². The van der Waals surface area contributed by atoms with Gasteiger partial charge in [-0.05, 0) is 0 Å². The molecule has 2 atom stereocenters. The second-order valence-corrected chi connectivity index (χ2v) is 6.52. The quantitative estimate of drug-likeness (QED) is 0.635. The molecule has 0 fully saturated rings. The van der Waals surface area contributed by atoms with Gasteiger partial charge in [0.1, 0.15) is 0 Å². The Bertz CT molecular complexity index is 258. The molecule has 0 aromatic rings. The maximum absolute atomic E-state index is 14.6. The monoisotopic (exact) mass is 278 g/mol. The Morgan fingerprint density at radius 1 is 0.556 bits per heavy atom. The van der Waals surface area contributed by atoms with Crippen molar-refractivity contribution in [3.8, 4) is 0 Å². The third kappa shape index (κ3) is 2.23. The van der Waals surface area contributed by atoms with Crippen LogP contribution in [0.3, 0.4) is 0 Å².